The SMILES string of the molecule is O=C1ON=C(c2ccccc2)/C1=C/c1cc(Br)ccc1OCc1cccc(F)c1. The lowest BCUT2D eigenvalue weighted by atomic mass is 10.0. The van der Waals surface area contributed by atoms with Crippen molar-refractivity contribution in [3.05, 3.63) is 105 Å². The first-order valence-electron chi connectivity index (χ1n) is 8.84. The highest BCUT2D eigenvalue weighted by Crippen LogP contribution is 2.29. The van der Waals surface area contributed by atoms with Gasteiger partial charge < -0.3 is 9.57 Å². The fourth-order valence-corrected chi connectivity index (χ4v) is 3.30. The Bertz CT molecular complexity index is 1130. The largest absolute Gasteiger partial charge is 0.488 e. The van der Waals surface area contributed by atoms with Crippen LogP contribution in [0, 0.1) is 5.82 Å². The number of hydrogen-bond acceptors (Lipinski definition) is 4. The molecule has 0 saturated carbocycles. The van der Waals surface area contributed by atoms with E-state index in [0.717, 1.165) is 10.0 Å². The third-order valence-corrected chi connectivity index (χ3v) is 4.79. The molecule has 6 heteroatoms. The Morgan fingerprint density at radius 3 is 2.66 bits per heavy atom. The third-order valence-electron chi connectivity index (χ3n) is 4.30. The van der Waals surface area contributed by atoms with Gasteiger partial charge in [-0.2, -0.15) is 0 Å². The summed E-state index contributed by atoms with van der Waals surface area (Å²) in [5.74, 6) is -0.293. The number of carbonyl (C=O) groups excluding carboxylic acids is 1. The topological polar surface area (TPSA) is 47.9 Å². The summed E-state index contributed by atoms with van der Waals surface area (Å²) in [5.41, 5.74) is 2.96. The molecule has 0 amide bonds. The van der Waals surface area contributed by atoms with Crippen LogP contribution in [-0.2, 0) is 16.2 Å². The van der Waals surface area contributed by atoms with E-state index in [1.807, 2.05) is 42.5 Å². The van der Waals surface area contributed by atoms with Crippen molar-refractivity contribution < 1.29 is 18.8 Å². The van der Waals surface area contributed by atoms with Crippen LogP contribution in [0.2, 0.25) is 0 Å². The summed E-state index contributed by atoms with van der Waals surface area (Å²) in [4.78, 5) is 17.2. The third kappa shape index (κ3) is 4.43. The second-order valence-corrected chi connectivity index (χ2v) is 7.26. The fourth-order valence-electron chi connectivity index (χ4n) is 2.92. The number of carbonyl (C=O) groups is 1. The van der Waals surface area contributed by atoms with Crippen molar-refractivity contribution in [2.75, 3.05) is 0 Å². The Hall–Kier alpha value is -3.25. The molecule has 0 fully saturated rings. The lowest BCUT2D eigenvalue weighted by molar-refractivity contribution is -0.136. The van der Waals surface area contributed by atoms with Gasteiger partial charge in [-0.25, -0.2) is 9.18 Å². The summed E-state index contributed by atoms with van der Waals surface area (Å²) >= 11 is 3.45. The monoisotopic (exact) mass is 451 g/mol. The minimum atomic E-state index is -0.528. The molecular weight excluding hydrogens is 437 g/mol. The Morgan fingerprint density at radius 2 is 1.86 bits per heavy atom. The summed E-state index contributed by atoms with van der Waals surface area (Å²) < 4.78 is 20.1. The molecule has 29 heavy (non-hydrogen) atoms. The van der Waals surface area contributed by atoms with E-state index in [1.165, 1.54) is 12.1 Å². The van der Waals surface area contributed by atoms with Gasteiger partial charge in [-0.05, 0) is 42.0 Å². The average Bonchev–Trinajstić information content (AvgIpc) is 3.08. The highest BCUT2D eigenvalue weighted by Gasteiger charge is 2.27. The molecule has 0 bridgehead atoms. The van der Waals surface area contributed by atoms with Crippen LogP contribution in [0.15, 0.2) is 88.0 Å². The molecule has 1 aliphatic rings. The first-order chi connectivity index (χ1) is 14.1. The van der Waals surface area contributed by atoms with Crippen LogP contribution in [-0.4, -0.2) is 11.7 Å². The summed E-state index contributed by atoms with van der Waals surface area (Å²) in [6, 6.07) is 21.0. The lowest BCUT2D eigenvalue weighted by Gasteiger charge is -2.11. The molecule has 144 valence electrons. The van der Waals surface area contributed by atoms with E-state index >= 15 is 0 Å². The smallest absolute Gasteiger partial charge is 0.368 e. The van der Waals surface area contributed by atoms with E-state index in [-0.39, 0.29) is 12.4 Å². The predicted octanol–water partition coefficient (Wildman–Crippen LogP) is 5.51. The number of ether oxygens (including phenoxy) is 1. The van der Waals surface area contributed by atoms with E-state index in [2.05, 4.69) is 21.1 Å². The van der Waals surface area contributed by atoms with Gasteiger partial charge in [-0.1, -0.05) is 63.6 Å². The van der Waals surface area contributed by atoms with Crippen LogP contribution < -0.4 is 4.74 Å². The molecule has 4 nitrogen and oxygen atoms in total. The van der Waals surface area contributed by atoms with Gasteiger partial charge in [0.2, 0.25) is 0 Å². The molecular formula is C23H15BrFNO3. The molecule has 0 saturated heterocycles. The Kier molecular flexibility index (Phi) is 5.53. The van der Waals surface area contributed by atoms with Gasteiger partial charge in [0.05, 0.1) is 5.57 Å². The molecule has 0 atom stereocenters. The number of nitrogens with zero attached hydrogens (tertiary/aromatic N) is 1. The fraction of sp³-hybridized carbons (Fsp3) is 0.0435. The minimum absolute atomic E-state index is 0.194. The van der Waals surface area contributed by atoms with E-state index in [1.54, 1.807) is 24.3 Å². The van der Waals surface area contributed by atoms with Gasteiger partial charge in [0, 0.05) is 15.6 Å². The lowest BCUT2D eigenvalue weighted by Crippen LogP contribution is -2.07. The van der Waals surface area contributed by atoms with Crippen molar-refractivity contribution in [1.29, 1.82) is 0 Å². The van der Waals surface area contributed by atoms with Crippen molar-refractivity contribution >= 4 is 33.7 Å². The highest BCUT2D eigenvalue weighted by molar-refractivity contribution is 9.10. The zero-order valence-electron chi connectivity index (χ0n) is 15.1. The molecule has 3 aromatic rings. The van der Waals surface area contributed by atoms with Gasteiger partial charge in [0.25, 0.3) is 0 Å². The van der Waals surface area contributed by atoms with Crippen LogP contribution in [0.4, 0.5) is 4.39 Å². The van der Waals surface area contributed by atoms with E-state index in [0.29, 0.717) is 28.2 Å². The number of hydrogen-bond donors (Lipinski definition) is 0. The summed E-state index contributed by atoms with van der Waals surface area (Å²) in [5, 5.41) is 3.92. The number of oxime groups is 1. The molecule has 1 aliphatic heterocycles. The normalized spacial score (nSPS) is 14.6. The second-order valence-electron chi connectivity index (χ2n) is 6.34. The van der Waals surface area contributed by atoms with Gasteiger partial charge in [0.1, 0.15) is 23.9 Å². The number of halogens is 2. The quantitative estimate of drug-likeness (QED) is 0.379. The van der Waals surface area contributed by atoms with E-state index in [4.69, 9.17) is 9.57 Å². The van der Waals surface area contributed by atoms with Crippen molar-refractivity contribution in [2.45, 2.75) is 6.61 Å². The first kappa shape index (κ1) is 19.1. The maximum Gasteiger partial charge on any atom is 0.368 e. The van der Waals surface area contributed by atoms with Crippen molar-refractivity contribution in [1.82, 2.24) is 0 Å². The van der Waals surface area contributed by atoms with Crippen LogP contribution in [0.5, 0.6) is 5.75 Å². The van der Waals surface area contributed by atoms with Crippen LogP contribution >= 0.6 is 15.9 Å². The number of benzene rings is 3. The highest BCUT2D eigenvalue weighted by atomic mass is 79.9. The molecule has 1 heterocycles. The molecule has 0 unspecified atom stereocenters. The van der Waals surface area contributed by atoms with Gasteiger partial charge in [-0.15, -0.1) is 0 Å². The van der Waals surface area contributed by atoms with Gasteiger partial charge >= 0.3 is 5.97 Å². The molecule has 0 aliphatic carbocycles. The van der Waals surface area contributed by atoms with Crippen LogP contribution in [0.1, 0.15) is 16.7 Å². The Labute approximate surface area is 175 Å². The molecule has 3 aromatic carbocycles. The number of rotatable bonds is 5. The van der Waals surface area contributed by atoms with E-state index < -0.39 is 5.97 Å². The minimum Gasteiger partial charge on any atom is -0.488 e. The molecule has 0 radical (unpaired) electrons. The second kappa shape index (κ2) is 8.41. The van der Waals surface area contributed by atoms with Crippen LogP contribution in [0.3, 0.4) is 0 Å². The molecule has 0 aromatic heterocycles. The molecule has 0 N–H and O–H groups in total. The standard InChI is InChI=1S/C23H15BrFNO3/c24-18-9-10-21(28-14-15-5-4-8-19(25)11-15)17(12-18)13-20-22(26-29-23(20)27)16-6-2-1-3-7-16/h1-13H,14H2/b20-13-. The first-order valence-corrected chi connectivity index (χ1v) is 9.63. The summed E-state index contributed by atoms with van der Waals surface area (Å²) in [6.07, 6.45) is 1.69. The Morgan fingerprint density at radius 1 is 1.03 bits per heavy atom. The van der Waals surface area contributed by atoms with Crippen molar-refractivity contribution in [3.8, 4) is 5.75 Å². The average molecular weight is 452 g/mol. The maximum atomic E-state index is 13.4. The molecule has 0 spiro atoms. The Balaban J connectivity index is 1.66. The van der Waals surface area contributed by atoms with Gasteiger partial charge in [0.15, 0.2) is 0 Å². The molecule has 4 rings (SSSR count). The van der Waals surface area contributed by atoms with E-state index in [9.17, 15) is 9.18 Å². The predicted molar refractivity (Wildman–Crippen MR) is 112 cm³/mol. The van der Waals surface area contributed by atoms with Crippen LogP contribution in [0.25, 0.3) is 6.08 Å². The maximum absolute atomic E-state index is 13.4. The zero-order chi connectivity index (χ0) is 20.2. The van der Waals surface area contributed by atoms with Crippen molar-refractivity contribution in [2.24, 2.45) is 5.16 Å². The summed E-state index contributed by atoms with van der Waals surface area (Å²) in [6.45, 7) is 0.194. The summed E-state index contributed by atoms with van der Waals surface area (Å²) in [7, 11) is 0. The van der Waals surface area contributed by atoms with Crippen molar-refractivity contribution in [3.63, 3.8) is 0 Å². The van der Waals surface area contributed by atoms with Gasteiger partial charge in [-0.3, -0.25) is 0 Å². The zero-order valence-corrected chi connectivity index (χ0v) is 16.7.